The van der Waals surface area contributed by atoms with Gasteiger partial charge in [-0.3, -0.25) is 9.89 Å². The fourth-order valence-electron chi connectivity index (χ4n) is 3.95. The number of hydrogen-bond donors (Lipinski definition) is 3. The van der Waals surface area contributed by atoms with Gasteiger partial charge in [-0.2, -0.15) is 5.10 Å². The van der Waals surface area contributed by atoms with Crippen molar-refractivity contribution in [1.29, 1.82) is 0 Å². The Balaban J connectivity index is 1.57. The number of hydrogen-bond acceptors (Lipinski definition) is 8. The first-order valence-electron chi connectivity index (χ1n) is 10.4. The number of H-pyrrole nitrogens is 1. The number of alkyl halides is 2. The highest BCUT2D eigenvalue weighted by Gasteiger charge is 2.45. The zero-order valence-corrected chi connectivity index (χ0v) is 19.3. The van der Waals surface area contributed by atoms with Crippen molar-refractivity contribution in [3.63, 3.8) is 0 Å². The summed E-state index contributed by atoms with van der Waals surface area (Å²) in [6, 6.07) is 3.53. The van der Waals surface area contributed by atoms with Gasteiger partial charge in [-0.15, -0.1) is 16.4 Å². The van der Waals surface area contributed by atoms with E-state index >= 15 is 0 Å². The van der Waals surface area contributed by atoms with E-state index in [9.17, 15) is 13.6 Å². The molecule has 34 heavy (non-hydrogen) atoms. The number of carbonyl (C=O) groups is 1. The standard InChI is InChI=1S/C21H21F2N9OS/c1-11-4-5-16(34-11)14-7-25-21(3)17(32-15(18(22)23)8-26-30-32)6-13(9-31(14)21)20(33)28-12(2)19-24-10-27-29-19/h4-10,12,18,25H,1-3H3,(H,28,33)(H,24,27,29)/t12-,21?/m0/s1. The summed E-state index contributed by atoms with van der Waals surface area (Å²) in [6.07, 6.45) is 4.64. The lowest BCUT2D eigenvalue weighted by Gasteiger charge is -2.41. The SMILES string of the molecule is Cc1ccc(C2=CNC3(C)C(n4nncc4C(F)F)=CC(C(=O)N[C@@H](C)c4ncn[nH]4)=CN23)s1. The second-order valence-corrected chi connectivity index (χ2v) is 9.37. The van der Waals surface area contributed by atoms with Gasteiger partial charge in [0.05, 0.1) is 34.1 Å². The predicted octanol–water partition coefficient (Wildman–Crippen LogP) is 2.94. The van der Waals surface area contributed by atoms with Crippen molar-refractivity contribution in [2.75, 3.05) is 0 Å². The van der Waals surface area contributed by atoms with Crippen molar-refractivity contribution < 1.29 is 13.6 Å². The first kappa shape index (κ1) is 21.9. The van der Waals surface area contributed by atoms with Gasteiger partial charge >= 0.3 is 0 Å². The van der Waals surface area contributed by atoms with E-state index in [1.807, 2.05) is 37.1 Å². The van der Waals surface area contributed by atoms with Crippen LogP contribution in [0.5, 0.6) is 0 Å². The van der Waals surface area contributed by atoms with Crippen molar-refractivity contribution in [2.45, 2.75) is 38.9 Å². The van der Waals surface area contributed by atoms with E-state index in [4.69, 9.17) is 0 Å². The highest BCUT2D eigenvalue weighted by Crippen LogP contribution is 2.43. The Morgan fingerprint density at radius 2 is 2.15 bits per heavy atom. The van der Waals surface area contributed by atoms with Gasteiger partial charge in [0.2, 0.25) is 0 Å². The smallest absolute Gasteiger partial charge is 0.282 e. The lowest BCUT2D eigenvalue weighted by molar-refractivity contribution is -0.117. The van der Waals surface area contributed by atoms with E-state index in [1.165, 1.54) is 6.33 Å². The zero-order chi connectivity index (χ0) is 24.0. The normalized spacial score (nSPS) is 20.4. The Morgan fingerprint density at radius 1 is 1.32 bits per heavy atom. The topological polar surface area (TPSA) is 117 Å². The molecule has 0 aromatic carbocycles. The molecule has 2 aliphatic rings. The minimum absolute atomic E-state index is 0.262. The molecule has 3 N–H and O–H groups in total. The second-order valence-electron chi connectivity index (χ2n) is 8.08. The molecule has 0 saturated carbocycles. The summed E-state index contributed by atoms with van der Waals surface area (Å²) in [5.41, 5.74) is 0.0484. The molecule has 13 heteroatoms. The third-order valence-corrected chi connectivity index (χ3v) is 6.79. The minimum Gasteiger partial charge on any atom is -0.362 e. The van der Waals surface area contributed by atoms with Crippen LogP contribution in [0.2, 0.25) is 0 Å². The van der Waals surface area contributed by atoms with Crippen LogP contribution in [-0.2, 0) is 4.79 Å². The van der Waals surface area contributed by atoms with Gasteiger partial charge in [0.15, 0.2) is 5.66 Å². The fourth-order valence-corrected chi connectivity index (χ4v) is 4.83. The molecule has 1 amide bonds. The van der Waals surface area contributed by atoms with E-state index in [0.717, 1.165) is 26.3 Å². The van der Waals surface area contributed by atoms with E-state index in [2.05, 4.69) is 36.1 Å². The third-order valence-electron chi connectivity index (χ3n) is 5.76. The molecule has 2 atom stereocenters. The highest BCUT2D eigenvalue weighted by atomic mass is 32.1. The summed E-state index contributed by atoms with van der Waals surface area (Å²) in [7, 11) is 0. The summed E-state index contributed by atoms with van der Waals surface area (Å²) in [5, 5.41) is 20.3. The Bertz CT molecular complexity index is 1320. The first-order valence-corrected chi connectivity index (χ1v) is 11.2. The number of thiophene rings is 1. The van der Waals surface area contributed by atoms with Gasteiger partial charge < -0.3 is 15.5 Å². The van der Waals surface area contributed by atoms with E-state index in [1.54, 1.807) is 30.5 Å². The van der Waals surface area contributed by atoms with Gasteiger partial charge in [-0.25, -0.2) is 18.4 Å². The molecular formula is C21H21F2N9OS. The molecule has 0 radical (unpaired) electrons. The van der Waals surface area contributed by atoms with E-state index < -0.39 is 24.0 Å². The molecule has 0 fully saturated rings. The number of aryl methyl sites for hydroxylation is 1. The number of nitrogens with zero attached hydrogens (tertiary/aromatic N) is 6. The van der Waals surface area contributed by atoms with Crippen molar-refractivity contribution in [3.8, 4) is 0 Å². The third kappa shape index (κ3) is 3.57. The molecule has 2 aliphatic heterocycles. The summed E-state index contributed by atoms with van der Waals surface area (Å²) < 4.78 is 28.5. The van der Waals surface area contributed by atoms with Crippen LogP contribution in [0, 0.1) is 6.92 Å². The number of amides is 1. The maximum atomic E-state index is 13.7. The van der Waals surface area contributed by atoms with Gasteiger partial charge in [0.1, 0.15) is 17.8 Å². The molecular weight excluding hydrogens is 464 g/mol. The number of nitrogens with one attached hydrogen (secondary N) is 3. The second kappa shape index (κ2) is 8.17. The largest absolute Gasteiger partial charge is 0.362 e. The summed E-state index contributed by atoms with van der Waals surface area (Å²) in [4.78, 5) is 21.3. The van der Waals surface area contributed by atoms with E-state index in [0.29, 0.717) is 11.5 Å². The van der Waals surface area contributed by atoms with Crippen LogP contribution in [0.3, 0.4) is 0 Å². The summed E-state index contributed by atoms with van der Waals surface area (Å²) in [6.45, 7) is 5.60. The number of fused-ring (bicyclic) bond motifs is 1. The van der Waals surface area contributed by atoms with Crippen molar-refractivity contribution in [3.05, 3.63) is 70.0 Å². The van der Waals surface area contributed by atoms with Crippen LogP contribution in [0.4, 0.5) is 8.78 Å². The molecule has 3 aromatic rings. The van der Waals surface area contributed by atoms with Crippen LogP contribution in [0.15, 0.2) is 48.7 Å². The average Bonchev–Trinajstić information content (AvgIpc) is 3.58. The lowest BCUT2D eigenvalue weighted by Crippen LogP contribution is -2.51. The number of aromatic amines is 1. The molecule has 10 nitrogen and oxygen atoms in total. The number of carbonyl (C=O) groups excluding carboxylic acids is 1. The Morgan fingerprint density at radius 3 is 2.82 bits per heavy atom. The van der Waals surface area contributed by atoms with Crippen molar-refractivity contribution >= 4 is 28.6 Å². The molecule has 0 aliphatic carbocycles. The molecule has 5 heterocycles. The van der Waals surface area contributed by atoms with Crippen LogP contribution in [0.1, 0.15) is 47.6 Å². The van der Waals surface area contributed by atoms with Crippen LogP contribution < -0.4 is 10.6 Å². The molecule has 1 unspecified atom stereocenters. The van der Waals surface area contributed by atoms with E-state index in [-0.39, 0.29) is 11.3 Å². The Labute approximate surface area is 197 Å². The monoisotopic (exact) mass is 485 g/mol. The maximum absolute atomic E-state index is 13.7. The average molecular weight is 486 g/mol. The van der Waals surface area contributed by atoms with Gasteiger partial charge in [0, 0.05) is 17.3 Å². The Hall–Kier alpha value is -3.87. The minimum atomic E-state index is -2.80. The molecule has 3 aromatic heterocycles. The van der Waals surface area contributed by atoms with Crippen LogP contribution in [0.25, 0.3) is 11.4 Å². The van der Waals surface area contributed by atoms with Gasteiger partial charge in [-0.1, -0.05) is 5.21 Å². The molecule has 176 valence electrons. The number of aromatic nitrogens is 6. The first-order chi connectivity index (χ1) is 16.3. The lowest BCUT2D eigenvalue weighted by atomic mass is 9.99. The van der Waals surface area contributed by atoms with Gasteiger partial charge in [-0.05, 0) is 39.0 Å². The Kier molecular flexibility index (Phi) is 5.27. The number of rotatable bonds is 6. The molecule has 0 saturated heterocycles. The summed E-state index contributed by atoms with van der Waals surface area (Å²) in [5.74, 6) is 0.0864. The maximum Gasteiger partial charge on any atom is 0.282 e. The fraction of sp³-hybridized carbons (Fsp3) is 0.286. The van der Waals surface area contributed by atoms with Crippen molar-refractivity contribution in [1.82, 2.24) is 45.7 Å². The highest BCUT2D eigenvalue weighted by molar-refractivity contribution is 7.13. The zero-order valence-electron chi connectivity index (χ0n) is 18.5. The predicted molar refractivity (Wildman–Crippen MR) is 121 cm³/mol. The van der Waals surface area contributed by atoms with Gasteiger partial charge in [0.25, 0.3) is 12.3 Å². The summed E-state index contributed by atoms with van der Waals surface area (Å²) >= 11 is 1.59. The molecule has 5 rings (SSSR count). The van der Waals surface area contributed by atoms with Crippen LogP contribution >= 0.6 is 11.3 Å². The number of halogens is 2. The van der Waals surface area contributed by atoms with Crippen molar-refractivity contribution in [2.24, 2.45) is 0 Å². The van der Waals surface area contributed by atoms with Crippen LogP contribution in [-0.4, -0.2) is 46.6 Å². The molecule has 0 bridgehead atoms. The quantitative estimate of drug-likeness (QED) is 0.492. The molecule has 0 spiro atoms.